The molecule has 2 saturated heterocycles. The fraction of sp³-hybridized carbons (Fsp3) is 0.476. The van der Waals surface area contributed by atoms with Crippen molar-refractivity contribution in [3.63, 3.8) is 0 Å². The number of hydrogen-bond donors (Lipinski definition) is 1. The van der Waals surface area contributed by atoms with Gasteiger partial charge in [-0.2, -0.15) is 0 Å². The van der Waals surface area contributed by atoms with Gasteiger partial charge in [-0.15, -0.1) is 23.1 Å². The van der Waals surface area contributed by atoms with Crippen LogP contribution >= 0.6 is 23.1 Å². The summed E-state index contributed by atoms with van der Waals surface area (Å²) in [6.45, 7) is 11.0. The van der Waals surface area contributed by atoms with Crippen LogP contribution in [0.3, 0.4) is 0 Å². The van der Waals surface area contributed by atoms with Gasteiger partial charge in [0.2, 0.25) is 6.41 Å². The number of carbonyl (C=O) groups is 1. The van der Waals surface area contributed by atoms with Crippen molar-refractivity contribution in [3.05, 3.63) is 39.1 Å². The number of rotatable bonds is 7. The molecule has 2 aliphatic heterocycles. The van der Waals surface area contributed by atoms with Gasteiger partial charge in [0.1, 0.15) is 5.82 Å². The van der Waals surface area contributed by atoms with Gasteiger partial charge in [-0.05, 0) is 45.7 Å². The van der Waals surface area contributed by atoms with E-state index < -0.39 is 0 Å². The Balaban J connectivity index is 0.000000225. The number of hydrogen-bond acceptors (Lipinski definition) is 9. The molecule has 0 radical (unpaired) electrons. The first-order chi connectivity index (χ1) is 15.0. The summed E-state index contributed by atoms with van der Waals surface area (Å²) in [5.74, 6) is 1.45. The van der Waals surface area contributed by atoms with E-state index in [0.29, 0.717) is 18.0 Å². The maximum Gasteiger partial charge on any atom is 0.210 e. The number of aromatic nitrogens is 3. The Labute approximate surface area is 191 Å². The lowest BCUT2D eigenvalue weighted by Gasteiger charge is -2.30. The molecule has 8 nitrogen and oxygen atoms in total. The second-order valence-electron chi connectivity index (χ2n) is 7.31. The van der Waals surface area contributed by atoms with Crippen LogP contribution in [0.5, 0.6) is 0 Å². The average Bonchev–Trinajstić information content (AvgIpc) is 3.22. The molecule has 2 fully saturated rings. The lowest BCUT2D eigenvalue weighted by molar-refractivity contribution is -0.127. The van der Waals surface area contributed by atoms with Crippen LogP contribution in [0.1, 0.15) is 34.1 Å². The Hall–Kier alpha value is -2.30. The summed E-state index contributed by atoms with van der Waals surface area (Å²) in [7, 11) is 0. The molecule has 2 aromatic rings. The normalized spacial score (nSPS) is 20.1. The van der Waals surface area contributed by atoms with E-state index in [0.717, 1.165) is 65.3 Å². The van der Waals surface area contributed by atoms with Gasteiger partial charge in [-0.1, -0.05) is 0 Å². The van der Waals surface area contributed by atoms with Crippen LogP contribution in [0.2, 0.25) is 0 Å². The van der Waals surface area contributed by atoms with E-state index in [1.807, 2.05) is 31.1 Å². The number of aryl methyl sites for hydroxylation is 3. The van der Waals surface area contributed by atoms with Crippen LogP contribution in [0.4, 0.5) is 5.82 Å². The zero-order chi connectivity index (χ0) is 22.2. The molecule has 4 heterocycles. The first-order valence-corrected chi connectivity index (χ1v) is 11.9. The van der Waals surface area contributed by atoms with Gasteiger partial charge in [0.25, 0.3) is 0 Å². The molecule has 4 rings (SSSR count). The molecule has 2 aliphatic rings. The summed E-state index contributed by atoms with van der Waals surface area (Å²) in [6.07, 6.45) is 6.68. The van der Waals surface area contributed by atoms with Gasteiger partial charge in [-0.25, -0.2) is 9.97 Å². The number of anilines is 1. The van der Waals surface area contributed by atoms with Crippen molar-refractivity contribution in [2.45, 2.75) is 45.7 Å². The highest BCUT2D eigenvalue weighted by molar-refractivity contribution is 8.02. The predicted octanol–water partition coefficient (Wildman–Crippen LogP) is 3.67. The smallest absolute Gasteiger partial charge is 0.210 e. The molecule has 10 heteroatoms. The number of nitrogens with zero attached hydrogens (tertiary/aromatic N) is 5. The molecule has 2 bridgehead atoms. The van der Waals surface area contributed by atoms with Gasteiger partial charge >= 0.3 is 0 Å². The van der Waals surface area contributed by atoms with E-state index in [2.05, 4.69) is 32.0 Å². The molecule has 0 saturated carbocycles. The van der Waals surface area contributed by atoms with Gasteiger partial charge in [0.05, 0.1) is 70.5 Å². The number of nitrogens with one attached hydrogen (secondary N) is 1. The molecule has 0 unspecified atom stereocenters. The Morgan fingerprint density at radius 3 is 2.58 bits per heavy atom. The lowest BCUT2D eigenvalue weighted by Crippen LogP contribution is -2.44. The third-order valence-electron chi connectivity index (χ3n) is 5.04. The number of fused-ring (bicyclic) bond motifs is 2. The van der Waals surface area contributed by atoms with Crippen LogP contribution in [0.25, 0.3) is 5.70 Å². The summed E-state index contributed by atoms with van der Waals surface area (Å²) < 4.78 is 5.29. The standard InChI is InChI=1S/C14H17N5S2.C7H11NO2/c1-9-5-17-13(6-16-9)18-8-20-7-12(15-4)14-10(2)19-11(3)21-14;9-5-8-6-1-2-7(8)4-10-3-6/h5-7H,4,8H2,1-3H3,(H,17,18);5-7H,1-4H2/b12-7-;/t;6-,7-/m.0/s1. The number of amides is 1. The summed E-state index contributed by atoms with van der Waals surface area (Å²) in [5.41, 5.74) is 2.76. The van der Waals surface area contributed by atoms with Crippen molar-refractivity contribution in [2.75, 3.05) is 24.4 Å². The van der Waals surface area contributed by atoms with Crippen molar-refractivity contribution in [2.24, 2.45) is 4.99 Å². The zero-order valence-electron chi connectivity index (χ0n) is 18.1. The topological polar surface area (TPSA) is 92.6 Å². The zero-order valence-corrected chi connectivity index (χ0v) is 19.7. The third kappa shape index (κ3) is 6.34. The molecule has 31 heavy (non-hydrogen) atoms. The first-order valence-electron chi connectivity index (χ1n) is 10.1. The molecule has 0 aliphatic carbocycles. The van der Waals surface area contributed by atoms with Crippen LogP contribution in [0.15, 0.2) is 22.8 Å². The summed E-state index contributed by atoms with van der Waals surface area (Å²) in [4.78, 5) is 30.4. The van der Waals surface area contributed by atoms with Crippen LogP contribution in [0, 0.1) is 20.8 Å². The second kappa shape index (κ2) is 11.4. The van der Waals surface area contributed by atoms with Crippen molar-refractivity contribution in [1.29, 1.82) is 0 Å². The van der Waals surface area contributed by atoms with E-state index in [9.17, 15) is 4.79 Å². The molecule has 1 amide bonds. The number of aliphatic imine (C=N–C) groups is 1. The maximum atomic E-state index is 10.5. The quantitative estimate of drug-likeness (QED) is 0.292. The van der Waals surface area contributed by atoms with Crippen LogP contribution in [-0.4, -0.2) is 64.2 Å². The predicted molar refractivity (Wildman–Crippen MR) is 127 cm³/mol. The van der Waals surface area contributed by atoms with E-state index in [4.69, 9.17) is 4.74 Å². The third-order valence-corrected chi connectivity index (χ3v) is 6.83. The molecular weight excluding hydrogens is 432 g/mol. The minimum Gasteiger partial charge on any atom is -0.377 e. The molecule has 1 N–H and O–H groups in total. The maximum absolute atomic E-state index is 10.5. The van der Waals surface area contributed by atoms with Gasteiger partial charge in [0.15, 0.2) is 0 Å². The summed E-state index contributed by atoms with van der Waals surface area (Å²) in [5, 5.41) is 6.22. The average molecular weight is 461 g/mol. The minimum absolute atomic E-state index is 0.385. The summed E-state index contributed by atoms with van der Waals surface area (Å²) >= 11 is 3.24. The molecule has 2 aromatic heterocycles. The van der Waals surface area contributed by atoms with E-state index in [-0.39, 0.29) is 0 Å². The fourth-order valence-corrected chi connectivity index (χ4v) is 5.12. The highest BCUT2D eigenvalue weighted by atomic mass is 32.2. The Morgan fingerprint density at radius 1 is 1.32 bits per heavy atom. The Bertz CT molecular complexity index is 899. The highest BCUT2D eigenvalue weighted by Gasteiger charge is 2.35. The number of morpholine rings is 1. The molecular formula is C21H28N6O2S2. The van der Waals surface area contributed by atoms with Gasteiger partial charge < -0.3 is 15.0 Å². The molecule has 0 spiro atoms. The fourth-order valence-electron chi connectivity index (χ4n) is 3.48. The van der Waals surface area contributed by atoms with Gasteiger partial charge in [0, 0.05) is 0 Å². The van der Waals surface area contributed by atoms with Gasteiger partial charge in [-0.3, -0.25) is 14.8 Å². The molecule has 2 atom stereocenters. The van der Waals surface area contributed by atoms with Crippen molar-refractivity contribution in [3.8, 4) is 0 Å². The minimum atomic E-state index is 0.385. The number of carbonyl (C=O) groups excluding carboxylic acids is 1. The number of ether oxygens (including phenoxy) is 1. The monoisotopic (exact) mass is 460 g/mol. The second-order valence-corrected chi connectivity index (χ2v) is 9.38. The largest absolute Gasteiger partial charge is 0.377 e. The first kappa shape index (κ1) is 23.4. The van der Waals surface area contributed by atoms with Crippen molar-refractivity contribution >= 4 is 47.7 Å². The van der Waals surface area contributed by atoms with Crippen LogP contribution < -0.4 is 5.32 Å². The lowest BCUT2D eigenvalue weighted by atomic mass is 10.2. The summed E-state index contributed by atoms with van der Waals surface area (Å²) in [6, 6.07) is 0.771. The Kier molecular flexibility index (Phi) is 8.56. The highest BCUT2D eigenvalue weighted by Crippen LogP contribution is 2.28. The Morgan fingerprint density at radius 2 is 2.06 bits per heavy atom. The number of thioether (sulfide) groups is 1. The SMILES string of the molecule is C=N/C(=C\SCNc1cnc(C)cn1)c1sc(C)nc1C.O=CN1[C@H]2CC[C@H]1COC2. The van der Waals surface area contributed by atoms with E-state index >= 15 is 0 Å². The van der Waals surface area contributed by atoms with Crippen molar-refractivity contribution < 1.29 is 9.53 Å². The van der Waals surface area contributed by atoms with E-state index in [1.165, 1.54) is 0 Å². The van der Waals surface area contributed by atoms with E-state index in [1.54, 1.807) is 35.5 Å². The van der Waals surface area contributed by atoms with Crippen LogP contribution in [-0.2, 0) is 9.53 Å². The molecule has 0 aromatic carbocycles. The van der Waals surface area contributed by atoms with Crippen molar-refractivity contribution in [1.82, 2.24) is 19.9 Å². The number of thiazole rings is 1. The molecule has 166 valence electrons.